The minimum absolute atomic E-state index is 0.149. The minimum atomic E-state index is -0.149. The first-order chi connectivity index (χ1) is 16.6. The molecule has 1 aliphatic rings. The first-order valence-corrected chi connectivity index (χ1v) is 11.2. The highest BCUT2D eigenvalue weighted by Gasteiger charge is 2.22. The third kappa shape index (κ3) is 5.31. The van der Waals surface area contributed by atoms with E-state index in [1.54, 1.807) is 37.3 Å². The molecule has 0 unspecified atom stereocenters. The molecular weight excluding hydrogens is 434 g/mol. The van der Waals surface area contributed by atoms with Gasteiger partial charge in [-0.25, -0.2) is 4.79 Å². The molecular formula is C25H29N5O4. The highest BCUT2D eigenvalue weighted by Crippen LogP contribution is 2.30. The number of urea groups is 1. The molecule has 2 aromatic carbocycles. The van der Waals surface area contributed by atoms with E-state index in [0.29, 0.717) is 50.0 Å². The molecule has 34 heavy (non-hydrogen) atoms. The minimum Gasteiger partial charge on any atom is -0.494 e. The van der Waals surface area contributed by atoms with Gasteiger partial charge in [-0.05, 0) is 55.5 Å². The van der Waals surface area contributed by atoms with Crippen LogP contribution in [0.15, 0.2) is 54.6 Å². The number of aromatic nitrogens is 2. The third-order valence-corrected chi connectivity index (χ3v) is 5.64. The zero-order valence-electron chi connectivity index (χ0n) is 19.7. The van der Waals surface area contributed by atoms with Crippen LogP contribution in [0.3, 0.4) is 0 Å². The van der Waals surface area contributed by atoms with Crippen LogP contribution in [0.4, 0.5) is 16.3 Å². The van der Waals surface area contributed by atoms with Gasteiger partial charge in [0.25, 0.3) is 0 Å². The van der Waals surface area contributed by atoms with E-state index in [-0.39, 0.29) is 6.03 Å². The number of amides is 2. The van der Waals surface area contributed by atoms with Gasteiger partial charge in [-0.2, -0.15) is 0 Å². The normalized spacial score (nSPS) is 13.4. The van der Waals surface area contributed by atoms with Gasteiger partial charge in [0.05, 0.1) is 26.5 Å². The quantitative estimate of drug-likeness (QED) is 0.568. The van der Waals surface area contributed by atoms with Gasteiger partial charge >= 0.3 is 6.03 Å². The topological polar surface area (TPSA) is 89.1 Å². The predicted molar refractivity (Wildman–Crippen MR) is 131 cm³/mol. The lowest BCUT2D eigenvalue weighted by molar-refractivity contribution is 0.208. The zero-order valence-corrected chi connectivity index (χ0v) is 19.7. The van der Waals surface area contributed by atoms with Crippen molar-refractivity contribution in [1.29, 1.82) is 0 Å². The Morgan fingerprint density at radius 2 is 1.65 bits per heavy atom. The molecule has 9 nitrogen and oxygen atoms in total. The Morgan fingerprint density at radius 1 is 0.912 bits per heavy atom. The number of rotatable bonds is 7. The number of anilines is 2. The van der Waals surface area contributed by atoms with Crippen LogP contribution in [-0.2, 0) is 0 Å². The summed E-state index contributed by atoms with van der Waals surface area (Å²) in [5.74, 6) is 2.82. The van der Waals surface area contributed by atoms with E-state index in [0.717, 1.165) is 22.8 Å². The van der Waals surface area contributed by atoms with E-state index < -0.39 is 0 Å². The number of ether oxygens (including phenoxy) is 3. The van der Waals surface area contributed by atoms with Gasteiger partial charge in [0.1, 0.15) is 5.75 Å². The Kier molecular flexibility index (Phi) is 7.31. The van der Waals surface area contributed by atoms with Crippen molar-refractivity contribution >= 4 is 17.5 Å². The maximum Gasteiger partial charge on any atom is 0.321 e. The van der Waals surface area contributed by atoms with E-state index in [2.05, 4.69) is 20.4 Å². The van der Waals surface area contributed by atoms with E-state index >= 15 is 0 Å². The fourth-order valence-electron chi connectivity index (χ4n) is 3.79. The summed E-state index contributed by atoms with van der Waals surface area (Å²) in [6.07, 6.45) is 0. The van der Waals surface area contributed by atoms with Crippen molar-refractivity contribution in [1.82, 2.24) is 15.1 Å². The summed E-state index contributed by atoms with van der Waals surface area (Å²) in [5, 5.41) is 11.7. The molecule has 0 saturated carbocycles. The molecule has 3 aromatic rings. The average Bonchev–Trinajstić information content (AvgIpc) is 2.89. The van der Waals surface area contributed by atoms with Crippen molar-refractivity contribution in [3.8, 4) is 28.5 Å². The molecule has 2 heterocycles. The smallest absolute Gasteiger partial charge is 0.321 e. The number of carbonyl (C=O) groups excluding carboxylic acids is 1. The van der Waals surface area contributed by atoms with Gasteiger partial charge in [0, 0.05) is 43.5 Å². The zero-order chi connectivity index (χ0) is 23.9. The van der Waals surface area contributed by atoms with Crippen LogP contribution in [0.1, 0.15) is 6.92 Å². The van der Waals surface area contributed by atoms with Crippen LogP contribution < -0.4 is 24.4 Å². The summed E-state index contributed by atoms with van der Waals surface area (Å²) in [5.41, 5.74) is 2.44. The number of nitrogens with zero attached hydrogens (tertiary/aromatic N) is 4. The van der Waals surface area contributed by atoms with Crippen LogP contribution in [0.2, 0.25) is 0 Å². The average molecular weight is 464 g/mol. The number of carbonyl (C=O) groups is 1. The van der Waals surface area contributed by atoms with Crippen molar-refractivity contribution in [2.24, 2.45) is 0 Å². The summed E-state index contributed by atoms with van der Waals surface area (Å²) in [6.45, 7) is 5.12. The predicted octanol–water partition coefficient (Wildman–Crippen LogP) is 3.91. The van der Waals surface area contributed by atoms with Gasteiger partial charge in [-0.3, -0.25) is 0 Å². The van der Waals surface area contributed by atoms with E-state index in [9.17, 15) is 4.79 Å². The Bertz CT molecular complexity index is 1100. The van der Waals surface area contributed by atoms with Gasteiger partial charge < -0.3 is 29.3 Å². The SMILES string of the molecule is CCOc1ccc(-c2ccc(N3CCN(C(=O)Nc4ccc(OC)c(OC)c4)CC3)nn2)cc1. The fraction of sp³-hybridized carbons (Fsp3) is 0.320. The summed E-state index contributed by atoms with van der Waals surface area (Å²) in [6, 6.07) is 16.9. The number of piperazine rings is 1. The molecule has 2 amide bonds. The molecule has 178 valence electrons. The molecule has 0 spiro atoms. The largest absolute Gasteiger partial charge is 0.494 e. The monoisotopic (exact) mass is 463 g/mol. The van der Waals surface area contributed by atoms with Crippen molar-refractivity contribution in [2.45, 2.75) is 6.92 Å². The Morgan fingerprint density at radius 3 is 2.26 bits per heavy atom. The van der Waals surface area contributed by atoms with Crippen LogP contribution in [-0.4, -0.2) is 68.1 Å². The highest BCUT2D eigenvalue weighted by molar-refractivity contribution is 5.90. The lowest BCUT2D eigenvalue weighted by Crippen LogP contribution is -2.50. The van der Waals surface area contributed by atoms with Gasteiger partial charge in [0.2, 0.25) is 0 Å². The molecule has 0 aliphatic carbocycles. The van der Waals surface area contributed by atoms with E-state index in [1.165, 1.54) is 0 Å². The second-order valence-electron chi connectivity index (χ2n) is 7.71. The Hall–Kier alpha value is -4.01. The molecule has 1 fully saturated rings. The van der Waals surface area contributed by atoms with Crippen LogP contribution in [0.5, 0.6) is 17.2 Å². The molecule has 1 saturated heterocycles. The van der Waals surface area contributed by atoms with Crippen LogP contribution in [0, 0.1) is 0 Å². The molecule has 1 aliphatic heterocycles. The third-order valence-electron chi connectivity index (χ3n) is 5.64. The number of hydrogen-bond acceptors (Lipinski definition) is 7. The van der Waals surface area contributed by atoms with Crippen molar-refractivity contribution in [2.75, 3.05) is 57.2 Å². The molecule has 1 N–H and O–H groups in total. The first kappa shape index (κ1) is 23.2. The van der Waals surface area contributed by atoms with E-state index in [1.807, 2.05) is 43.3 Å². The van der Waals surface area contributed by atoms with Gasteiger partial charge in [0.15, 0.2) is 17.3 Å². The van der Waals surface area contributed by atoms with Gasteiger partial charge in [-0.1, -0.05) is 0 Å². The standard InChI is InChI=1S/C25H29N5O4/c1-4-34-20-8-5-18(6-9-20)21-10-12-24(28-27-21)29-13-15-30(16-14-29)25(31)26-19-7-11-22(32-2)23(17-19)33-3/h5-12,17H,4,13-16H2,1-3H3,(H,26,31). The number of benzene rings is 2. The maximum atomic E-state index is 12.7. The van der Waals surface area contributed by atoms with Crippen LogP contribution >= 0.6 is 0 Å². The van der Waals surface area contributed by atoms with Crippen molar-refractivity contribution < 1.29 is 19.0 Å². The molecule has 0 bridgehead atoms. The summed E-state index contributed by atoms with van der Waals surface area (Å²) in [4.78, 5) is 16.6. The molecule has 4 rings (SSSR count). The first-order valence-electron chi connectivity index (χ1n) is 11.2. The number of methoxy groups -OCH3 is 2. The Balaban J connectivity index is 1.32. The summed E-state index contributed by atoms with van der Waals surface area (Å²) in [7, 11) is 3.14. The lowest BCUT2D eigenvalue weighted by atomic mass is 10.1. The highest BCUT2D eigenvalue weighted by atomic mass is 16.5. The number of nitrogens with one attached hydrogen (secondary N) is 1. The van der Waals surface area contributed by atoms with Crippen molar-refractivity contribution in [3.63, 3.8) is 0 Å². The molecule has 1 aromatic heterocycles. The lowest BCUT2D eigenvalue weighted by Gasteiger charge is -2.35. The molecule has 0 atom stereocenters. The second-order valence-corrected chi connectivity index (χ2v) is 7.71. The summed E-state index contributed by atoms with van der Waals surface area (Å²) >= 11 is 0. The summed E-state index contributed by atoms with van der Waals surface area (Å²) < 4.78 is 16.0. The fourth-order valence-corrected chi connectivity index (χ4v) is 3.79. The van der Waals surface area contributed by atoms with Crippen molar-refractivity contribution in [3.05, 3.63) is 54.6 Å². The molecule has 0 radical (unpaired) electrons. The number of hydrogen-bond donors (Lipinski definition) is 1. The van der Waals surface area contributed by atoms with E-state index in [4.69, 9.17) is 14.2 Å². The second kappa shape index (κ2) is 10.7. The maximum absolute atomic E-state index is 12.7. The van der Waals surface area contributed by atoms with Crippen LogP contribution in [0.25, 0.3) is 11.3 Å². The van der Waals surface area contributed by atoms with Gasteiger partial charge in [-0.15, -0.1) is 10.2 Å². The Labute approximate surface area is 199 Å². The molecule has 9 heteroatoms.